The number of aromatic nitrogens is 1. The Morgan fingerprint density at radius 2 is 2.07 bits per heavy atom. The minimum atomic E-state index is -0.832. The van der Waals surface area contributed by atoms with Crippen LogP contribution in [0.5, 0.6) is 0 Å². The smallest absolute Gasteiger partial charge is 0.168 e. The van der Waals surface area contributed by atoms with Crippen molar-refractivity contribution < 1.29 is 8.78 Å². The highest BCUT2D eigenvalue weighted by Gasteiger charge is 2.08. The fourth-order valence-electron chi connectivity index (χ4n) is 1.08. The maximum atomic E-state index is 13.1. The van der Waals surface area contributed by atoms with Crippen LogP contribution in [0.2, 0.25) is 0 Å². The van der Waals surface area contributed by atoms with E-state index in [9.17, 15) is 8.78 Å². The first-order chi connectivity index (χ1) is 7.00. The molecule has 0 aliphatic carbocycles. The summed E-state index contributed by atoms with van der Waals surface area (Å²) in [6, 6.07) is 0.736. The summed E-state index contributed by atoms with van der Waals surface area (Å²) >= 11 is 0. The molecule has 1 aromatic heterocycles. The van der Waals surface area contributed by atoms with E-state index in [-0.39, 0.29) is 11.6 Å². The van der Waals surface area contributed by atoms with Crippen LogP contribution in [0.25, 0.3) is 0 Å². The lowest BCUT2D eigenvalue weighted by atomic mass is 10.1. The first-order valence-corrected chi connectivity index (χ1v) is 4.86. The predicted octanol–water partition coefficient (Wildman–Crippen LogP) is 2.40. The van der Waals surface area contributed by atoms with Gasteiger partial charge in [0.2, 0.25) is 0 Å². The van der Waals surface area contributed by atoms with Gasteiger partial charge in [-0.25, -0.2) is 13.8 Å². The molecular formula is C10H15F2N3. The van der Waals surface area contributed by atoms with Gasteiger partial charge in [0, 0.05) is 12.6 Å². The molecule has 5 heteroatoms. The SMILES string of the molecule is CC(C)CCNc1nc(N)c(F)cc1F. The minimum Gasteiger partial charge on any atom is -0.381 e. The van der Waals surface area contributed by atoms with Crippen LogP contribution in [0, 0.1) is 17.6 Å². The molecule has 1 heterocycles. The van der Waals surface area contributed by atoms with E-state index in [2.05, 4.69) is 24.1 Å². The molecule has 0 atom stereocenters. The number of nitrogen functional groups attached to an aromatic ring is 1. The second-order valence-electron chi connectivity index (χ2n) is 3.80. The molecule has 0 amide bonds. The molecule has 0 saturated carbocycles. The Morgan fingerprint density at radius 1 is 1.40 bits per heavy atom. The molecule has 0 aliphatic heterocycles. The number of rotatable bonds is 4. The van der Waals surface area contributed by atoms with Crippen molar-refractivity contribution in [2.24, 2.45) is 5.92 Å². The molecule has 0 bridgehead atoms. The van der Waals surface area contributed by atoms with Gasteiger partial charge in [0.05, 0.1) is 0 Å². The lowest BCUT2D eigenvalue weighted by Gasteiger charge is -2.09. The molecule has 0 aromatic carbocycles. The predicted molar refractivity (Wildman–Crippen MR) is 56.5 cm³/mol. The molecule has 0 spiro atoms. The number of hydrogen-bond donors (Lipinski definition) is 2. The Kier molecular flexibility index (Phi) is 3.82. The van der Waals surface area contributed by atoms with E-state index >= 15 is 0 Å². The largest absolute Gasteiger partial charge is 0.381 e. The fraction of sp³-hybridized carbons (Fsp3) is 0.500. The van der Waals surface area contributed by atoms with E-state index in [4.69, 9.17) is 5.73 Å². The number of anilines is 2. The quantitative estimate of drug-likeness (QED) is 0.810. The molecule has 0 radical (unpaired) electrons. The molecule has 0 unspecified atom stereocenters. The third-order valence-corrected chi connectivity index (χ3v) is 1.97. The van der Waals surface area contributed by atoms with Crippen molar-refractivity contribution in [3.05, 3.63) is 17.7 Å². The highest BCUT2D eigenvalue weighted by Crippen LogP contribution is 2.16. The summed E-state index contributed by atoms with van der Waals surface area (Å²) < 4.78 is 25.9. The van der Waals surface area contributed by atoms with Crippen molar-refractivity contribution in [3.8, 4) is 0 Å². The summed E-state index contributed by atoms with van der Waals surface area (Å²) in [5, 5.41) is 2.78. The molecule has 84 valence electrons. The number of nitrogens with one attached hydrogen (secondary N) is 1. The summed E-state index contributed by atoms with van der Waals surface area (Å²) in [7, 11) is 0. The maximum absolute atomic E-state index is 13.1. The molecule has 3 N–H and O–H groups in total. The molecule has 0 aliphatic rings. The second-order valence-corrected chi connectivity index (χ2v) is 3.80. The van der Waals surface area contributed by atoms with Gasteiger partial charge in [-0.2, -0.15) is 0 Å². The lowest BCUT2D eigenvalue weighted by Crippen LogP contribution is -2.09. The summed E-state index contributed by atoms with van der Waals surface area (Å²) in [5.74, 6) is -1.32. The Balaban J connectivity index is 2.65. The van der Waals surface area contributed by atoms with Gasteiger partial charge in [0.25, 0.3) is 0 Å². The van der Waals surface area contributed by atoms with Gasteiger partial charge in [-0.05, 0) is 12.3 Å². The average molecular weight is 215 g/mol. The van der Waals surface area contributed by atoms with E-state index in [0.29, 0.717) is 12.5 Å². The number of pyridine rings is 1. The minimum absolute atomic E-state index is 0.00884. The van der Waals surface area contributed by atoms with Crippen LogP contribution in [0.15, 0.2) is 6.07 Å². The van der Waals surface area contributed by atoms with Crippen LogP contribution >= 0.6 is 0 Å². The van der Waals surface area contributed by atoms with E-state index in [0.717, 1.165) is 12.5 Å². The molecule has 1 rings (SSSR count). The van der Waals surface area contributed by atoms with Gasteiger partial charge < -0.3 is 11.1 Å². The van der Waals surface area contributed by atoms with Crippen molar-refractivity contribution in [3.63, 3.8) is 0 Å². The molecule has 1 aromatic rings. The Labute approximate surface area is 87.7 Å². The average Bonchev–Trinajstić information content (AvgIpc) is 2.13. The Hall–Kier alpha value is -1.39. The number of nitrogens with two attached hydrogens (primary N) is 1. The van der Waals surface area contributed by atoms with E-state index < -0.39 is 11.6 Å². The van der Waals surface area contributed by atoms with E-state index in [1.807, 2.05) is 0 Å². The zero-order valence-corrected chi connectivity index (χ0v) is 8.85. The molecule has 15 heavy (non-hydrogen) atoms. The first kappa shape index (κ1) is 11.7. The third kappa shape index (κ3) is 3.34. The summed E-state index contributed by atoms with van der Waals surface area (Å²) in [5.41, 5.74) is 5.23. The van der Waals surface area contributed by atoms with Gasteiger partial charge in [-0.1, -0.05) is 13.8 Å². The Morgan fingerprint density at radius 3 is 2.67 bits per heavy atom. The second kappa shape index (κ2) is 4.91. The van der Waals surface area contributed by atoms with Crippen LogP contribution in [-0.2, 0) is 0 Å². The topological polar surface area (TPSA) is 50.9 Å². The van der Waals surface area contributed by atoms with E-state index in [1.54, 1.807) is 0 Å². The van der Waals surface area contributed by atoms with Crippen LogP contribution < -0.4 is 11.1 Å². The van der Waals surface area contributed by atoms with Gasteiger partial charge in [-0.3, -0.25) is 0 Å². The van der Waals surface area contributed by atoms with Crippen molar-refractivity contribution in [2.45, 2.75) is 20.3 Å². The van der Waals surface area contributed by atoms with Crippen LogP contribution in [0.1, 0.15) is 20.3 Å². The van der Waals surface area contributed by atoms with Crippen molar-refractivity contribution in [1.29, 1.82) is 0 Å². The third-order valence-electron chi connectivity index (χ3n) is 1.97. The molecular weight excluding hydrogens is 200 g/mol. The van der Waals surface area contributed by atoms with Gasteiger partial charge in [-0.15, -0.1) is 0 Å². The molecule has 3 nitrogen and oxygen atoms in total. The molecule has 0 fully saturated rings. The van der Waals surface area contributed by atoms with Crippen LogP contribution in [0.4, 0.5) is 20.4 Å². The van der Waals surface area contributed by atoms with Gasteiger partial charge >= 0.3 is 0 Å². The summed E-state index contributed by atoms with van der Waals surface area (Å²) in [4.78, 5) is 3.59. The standard InChI is InChI=1S/C10H15F2N3/c1-6(2)3-4-14-10-8(12)5-7(11)9(13)15-10/h5-6H,3-4H2,1-2H3,(H3,13,14,15). The normalized spacial score (nSPS) is 10.7. The van der Waals surface area contributed by atoms with E-state index in [1.165, 1.54) is 0 Å². The highest BCUT2D eigenvalue weighted by atomic mass is 19.1. The monoisotopic (exact) mass is 215 g/mol. The van der Waals surface area contributed by atoms with Gasteiger partial charge in [0.1, 0.15) is 0 Å². The summed E-state index contributed by atoms with van der Waals surface area (Å²) in [6.45, 7) is 4.71. The van der Waals surface area contributed by atoms with Crippen molar-refractivity contribution in [1.82, 2.24) is 4.98 Å². The number of halogens is 2. The van der Waals surface area contributed by atoms with Crippen LogP contribution in [0.3, 0.4) is 0 Å². The number of hydrogen-bond acceptors (Lipinski definition) is 3. The van der Waals surface area contributed by atoms with Gasteiger partial charge in [0.15, 0.2) is 23.3 Å². The maximum Gasteiger partial charge on any atom is 0.168 e. The lowest BCUT2D eigenvalue weighted by molar-refractivity contribution is 0.574. The fourth-order valence-corrected chi connectivity index (χ4v) is 1.08. The highest BCUT2D eigenvalue weighted by molar-refractivity contribution is 5.44. The summed E-state index contributed by atoms with van der Waals surface area (Å²) in [6.07, 6.45) is 0.887. The first-order valence-electron chi connectivity index (χ1n) is 4.86. The molecule has 0 saturated heterocycles. The zero-order chi connectivity index (χ0) is 11.4. The Bertz CT molecular complexity index is 340. The van der Waals surface area contributed by atoms with Crippen molar-refractivity contribution in [2.75, 3.05) is 17.6 Å². The van der Waals surface area contributed by atoms with Crippen LogP contribution in [-0.4, -0.2) is 11.5 Å². The zero-order valence-electron chi connectivity index (χ0n) is 8.85. The van der Waals surface area contributed by atoms with Crippen molar-refractivity contribution >= 4 is 11.6 Å². The number of nitrogens with zero attached hydrogens (tertiary/aromatic N) is 1.